The van der Waals surface area contributed by atoms with Gasteiger partial charge < -0.3 is 14.4 Å². The molecule has 1 heterocycles. The number of alkyl halides is 3. The van der Waals surface area contributed by atoms with Crippen LogP contribution in [0.4, 0.5) is 18.9 Å². The Labute approximate surface area is 136 Å². The summed E-state index contributed by atoms with van der Waals surface area (Å²) in [6.07, 6.45) is -5.34. The van der Waals surface area contributed by atoms with Gasteiger partial charge in [0, 0.05) is 0 Å². The predicted molar refractivity (Wildman–Crippen MR) is 80.8 cm³/mol. The molecule has 0 aromatic heterocycles. The molecule has 0 aliphatic carbocycles. The fourth-order valence-corrected chi connectivity index (χ4v) is 2.50. The quantitative estimate of drug-likeness (QED) is 0.853. The lowest BCUT2D eigenvalue weighted by atomic mass is 10.1. The molecule has 0 radical (unpaired) electrons. The zero-order chi connectivity index (χ0) is 17.3. The van der Waals surface area contributed by atoms with Crippen LogP contribution in [-0.2, 0) is 11.3 Å². The fraction of sp³-hybridized carbons (Fsp3) is 0.235. The molecule has 0 fully saturated rings. The van der Waals surface area contributed by atoms with Gasteiger partial charge in [-0.25, -0.2) is 0 Å². The molecule has 4 nitrogen and oxygen atoms in total. The molecular weight excluding hydrogens is 323 g/mol. The Morgan fingerprint density at radius 3 is 2.46 bits per heavy atom. The highest BCUT2D eigenvalue weighted by molar-refractivity contribution is 5.99. The Kier molecular flexibility index (Phi) is 4.09. The second-order valence-corrected chi connectivity index (χ2v) is 5.34. The van der Waals surface area contributed by atoms with Crippen LogP contribution in [0.1, 0.15) is 12.5 Å². The zero-order valence-corrected chi connectivity index (χ0v) is 12.7. The monoisotopic (exact) mass is 337 g/mol. The lowest BCUT2D eigenvalue weighted by Gasteiger charge is -2.33. The van der Waals surface area contributed by atoms with Crippen molar-refractivity contribution in [2.75, 3.05) is 4.90 Å². The van der Waals surface area contributed by atoms with Crippen LogP contribution in [-0.4, -0.2) is 18.4 Å². The number of ether oxygens (including phenoxy) is 2. The molecule has 0 saturated heterocycles. The van der Waals surface area contributed by atoms with Crippen molar-refractivity contribution in [3.63, 3.8) is 0 Å². The number of halogens is 3. The zero-order valence-electron chi connectivity index (χ0n) is 12.7. The normalized spacial score (nSPS) is 17.2. The van der Waals surface area contributed by atoms with Crippen LogP contribution in [0.3, 0.4) is 0 Å². The Balaban J connectivity index is 1.81. The first kappa shape index (κ1) is 16.2. The van der Waals surface area contributed by atoms with Gasteiger partial charge in [-0.3, -0.25) is 4.79 Å². The van der Waals surface area contributed by atoms with Crippen LogP contribution < -0.4 is 14.4 Å². The van der Waals surface area contributed by atoms with E-state index in [1.807, 2.05) is 6.07 Å². The summed E-state index contributed by atoms with van der Waals surface area (Å²) in [6, 6.07) is 12.6. The summed E-state index contributed by atoms with van der Waals surface area (Å²) in [5.41, 5.74) is 1.32. The minimum Gasteiger partial charge on any atom is -0.479 e. The molecule has 1 unspecified atom stereocenters. The second kappa shape index (κ2) is 6.07. The number of hydrogen-bond donors (Lipinski definition) is 0. The summed E-state index contributed by atoms with van der Waals surface area (Å²) >= 11 is 0. The van der Waals surface area contributed by atoms with Gasteiger partial charge in [-0.05, 0) is 36.8 Å². The molecule has 3 rings (SSSR count). The van der Waals surface area contributed by atoms with E-state index in [-0.39, 0.29) is 18.2 Å². The average molecular weight is 337 g/mol. The smallest absolute Gasteiger partial charge is 0.479 e. The van der Waals surface area contributed by atoms with E-state index in [4.69, 9.17) is 4.74 Å². The van der Waals surface area contributed by atoms with Gasteiger partial charge in [0.25, 0.3) is 5.91 Å². The van der Waals surface area contributed by atoms with Gasteiger partial charge in [-0.1, -0.05) is 24.3 Å². The number of carbonyl (C=O) groups excluding carboxylic acids is 1. The third kappa shape index (κ3) is 3.45. The maximum atomic E-state index is 12.4. The predicted octanol–water partition coefficient (Wildman–Crippen LogP) is 3.90. The number of rotatable bonds is 3. The van der Waals surface area contributed by atoms with E-state index in [9.17, 15) is 18.0 Å². The highest BCUT2D eigenvalue weighted by atomic mass is 19.4. The molecule has 0 saturated carbocycles. The molecule has 1 aliphatic rings. The standard InChI is InChI=1S/C17H14F3NO3/c1-11-16(22)21(14-4-2-3-5-15(14)23-11)10-12-6-8-13(9-7-12)24-17(18,19)20/h2-9,11H,10H2,1H3. The van der Waals surface area contributed by atoms with Crippen molar-refractivity contribution in [3.05, 3.63) is 54.1 Å². The molecule has 2 aromatic carbocycles. The minimum absolute atomic E-state index is 0.204. The number of fused-ring (bicyclic) bond motifs is 1. The third-order valence-corrected chi connectivity index (χ3v) is 3.57. The van der Waals surface area contributed by atoms with E-state index in [1.165, 1.54) is 24.3 Å². The number of hydrogen-bond acceptors (Lipinski definition) is 3. The molecule has 0 bridgehead atoms. The van der Waals surface area contributed by atoms with Gasteiger partial charge in [0.05, 0.1) is 12.2 Å². The largest absolute Gasteiger partial charge is 0.573 e. The van der Waals surface area contributed by atoms with Gasteiger partial charge in [0.15, 0.2) is 6.10 Å². The number of para-hydroxylation sites is 2. The summed E-state index contributed by atoms with van der Waals surface area (Å²) < 4.78 is 45.9. The Morgan fingerprint density at radius 1 is 1.12 bits per heavy atom. The van der Waals surface area contributed by atoms with Crippen LogP contribution in [0.25, 0.3) is 0 Å². The van der Waals surface area contributed by atoms with Crippen molar-refractivity contribution in [1.29, 1.82) is 0 Å². The van der Waals surface area contributed by atoms with E-state index >= 15 is 0 Å². The second-order valence-electron chi connectivity index (χ2n) is 5.34. The van der Waals surface area contributed by atoms with Crippen molar-refractivity contribution >= 4 is 11.6 Å². The molecule has 0 N–H and O–H groups in total. The van der Waals surface area contributed by atoms with E-state index in [1.54, 1.807) is 30.0 Å². The molecule has 0 spiro atoms. The molecule has 24 heavy (non-hydrogen) atoms. The lowest BCUT2D eigenvalue weighted by Crippen LogP contribution is -2.43. The third-order valence-electron chi connectivity index (χ3n) is 3.57. The van der Waals surface area contributed by atoms with E-state index in [0.29, 0.717) is 17.0 Å². The summed E-state index contributed by atoms with van der Waals surface area (Å²) in [7, 11) is 0. The summed E-state index contributed by atoms with van der Waals surface area (Å²) in [5.74, 6) is 0.0965. The summed E-state index contributed by atoms with van der Waals surface area (Å²) in [5, 5.41) is 0. The maximum absolute atomic E-state index is 12.4. The van der Waals surface area contributed by atoms with Crippen molar-refractivity contribution in [1.82, 2.24) is 0 Å². The number of nitrogens with zero attached hydrogens (tertiary/aromatic N) is 1. The number of amides is 1. The number of carbonyl (C=O) groups is 1. The molecule has 2 aromatic rings. The first-order chi connectivity index (χ1) is 11.3. The van der Waals surface area contributed by atoms with Gasteiger partial charge in [-0.15, -0.1) is 13.2 Å². The van der Waals surface area contributed by atoms with Crippen LogP contribution in [0.2, 0.25) is 0 Å². The van der Waals surface area contributed by atoms with Crippen LogP contribution in [0, 0.1) is 0 Å². The van der Waals surface area contributed by atoms with Gasteiger partial charge in [-0.2, -0.15) is 0 Å². The highest BCUT2D eigenvalue weighted by Crippen LogP contribution is 2.34. The summed E-state index contributed by atoms with van der Waals surface area (Å²) in [4.78, 5) is 13.9. The molecule has 1 atom stereocenters. The van der Waals surface area contributed by atoms with E-state index in [2.05, 4.69) is 4.74 Å². The van der Waals surface area contributed by atoms with Crippen LogP contribution >= 0.6 is 0 Å². The van der Waals surface area contributed by atoms with Crippen molar-refractivity contribution < 1.29 is 27.4 Å². The molecular formula is C17H14F3NO3. The number of anilines is 1. The molecule has 1 aliphatic heterocycles. The Hall–Kier alpha value is -2.70. The SMILES string of the molecule is CC1Oc2ccccc2N(Cc2ccc(OC(F)(F)F)cc2)C1=O. The molecule has 7 heteroatoms. The first-order valence-corrected chi connectivity index (χ1v) is 7.25. The first-order valence-electron chi connectivity index (χ1n) is 7.25. The van der Waals surface area contributed by atoms with Crippen molar-refractivity contribution in [3.8, 4) is 11.5 Å². The molecule has 1 amide bonds. The minimum atomic E-state index is -4.73. The van der Waals surface area contributed by atoms with Gasteiger partial charge in [0.1, 0.15) is 11.5 Å². The maximum Gasteiger partial charge on any atom is 0.573 e. The highest BCUT2D eigenvalue weighted by Gasteiger charge is 2.32. The van der Waals surface area contributed by atoms with Gasteiger partial charge in [0.2, 0.25) is 0 Å². The Bertz CT molecular complexity index is 743. The van der Waals surface area contributed by atoms with Crippen LogP contribution in [0.5, 0.6) is 11.5 Å². The lowest BCUT2D eigenvalue weighted by molar-refractivity contribution is -0.274. The van der Waals surface area contributed by atoms with Crippen molar-refractivity contribution in [2.45, 2.75) is 25.9 Å². The molecule has 126 valence electrons. The van der Waals surface area contributed by atoms with Gasteiger partial charge >= 0.3 is 6.36 Å². The van der Waals surface area contributed by atoms with E-state index in [0.717, 1.165) is 0 Å². The van der Waals surface area contributed by atoms with E-state index < -0.39 is 12.5 Å². The van der Waals surface area contributed by atoms with Crippen molar-refractivity contribution in [2.24, 2.45) is 0 Å². The number of benzene rings is 2. The Morgan fingerprint density at radius 2 is 1.79 bits per heavy atom. The average Bonchev–Trinajstić information content (AvgIpc) is 2.52. The topological polar surface area (TPSA) is 38.8 Å². The summed E-state index contributed by atoms with van der Waals surface area (Å²) in [6.45, 7) is 1.89. The fourth-order valence-electron chi connectivity index (χ4n) is 2.50. The van der Waals surface area contributed by atoms with Crippen LogP contribution in [0.15, 0.2) is 48.5 Å².